The standard InChI is InChI=1S/C12H19N3O/c1-15(2)10-6-9-13-12(16)14-11-7-4-3-5-8-11/h3-5,7-8H,6,9-10H2,1-2H3,(H2,13,14,16)/p+1. The van der Waals surface area contributed by atoms with Crippen LogP contribution in [-0.4, -0.2) is 33.2 Å². The van der Waals surface area contributed by atoms with Crippen LogP contribution in [0.4, 0.5) is 10.5 Å². The van der Waals surface area contributed by atoms with E-state index in [2.05, 4.69) is 24.7 Å². The summed E-state index contributed by atoms with van der Waals surface area (Å²) in [6, 6.07) is 9.30. The van der Waals surface area contributed by atoms with E-state index in [4.69, 9.17) is 0 Å². The highest BCUT2D eigenvalue weighted by molar-refractivity contribution is 5.89. The molecule has 88 valence electrons. The number of amides is 2. The Morgan fingerprint density at radius 1 is 1.25 bits per heavy atom. The molecule has 0 aliphatic carbocycles. The van der Waals surface area contributed by atoms with E-state index in [9.17, 15) is 4.79 Å². The van der Waals surface area contributed by atoms with Crippen molar-refractivity contribution in [2.75, 3.05) is 32.5 Å². The minimum Gasteiger partial charge on any atom is -0.340 e. The molecule has 4 heteroatoms. The van der Waals surface area contributed by atoms with E-state index >= 15 is 0 Å². The van der Waals surface area contributed by atoms with Crippen LogP contribution >= 0.6 is 0 Å². The van der Waals surface area contributed by atoms with E-state index in [0.29, 0.717) is 6.54 Å². The number of hydrogen-bond acceptors (Lipinski definition) is 1. The largest absolute Gasteiger partial charge is 0.340 e. The third kappa shape index (κ3) is 5.36. The van der Waals surface area contributed by atoms with Crippen LogP contribution in [-0.2, 0) is 0 Å². The van der Waals surface area contributed by atoms with Gasteiger partial charge in [-0.2, -0.15) is 0 Å². The number of urea groups is 1. The molecule has 0 aromatic heterocycles. The van der Waals surface area contributed by atoms with Crippen molar-refractivity contribution >= 4 is 11.7 Å². The lowest BCUT2D eigenvalue weighted by molar-refractivity contribution is -0.858. The van der Waals surface area contributed by atoms with Gasteiger partial charge in [-0.15, -0.1) is 0 Å². The molecule has 0 heterocycles. The molecule has 16 heavy (non-hydrogen) atoms. The van der Waals surface area contributed by atoms with E-state index < -0.39 is 0 Å². The molecule has 0 fully saturated rings. The zero-order valence-electron chi connectivity index (χ0n) is 9.92. The maximum absolute atomic E-state index is 11.4. The summed E-state index contributed by atoms with van der Waals surface area (Å²) in [4.78, 5) is 12.8. The first kappa shape index (κ1) is 12.5. The Morgan fingerprint density at radius 3 is 2.56 bits per heavy atom. The molecule has 0 unspecified atom stereocenters. The molecule has 0 radical (unpaired) electrons. The van der Waals surface area contributed by atoms with Crippen LogP contribution < -0.4 is 15.5 Å². The Hall–Kier alpha value is -1.55. The van der Waals surface area contributed by atoms with Crippen molar-refractivity contribution in [3.8, 4) is 0 Å². The highest BCUT2D eigenvalue weighted by atomic mass is 16.2. The Kier molecular flexibility index (Phi) is 5.36. The summed E-state index contributed by atoms with van der Waals surface area (Å²) in [5, 5.41) is 5.60. The molecule has 0 saturated heterocycles. The summed E-state index contributed by atoms with van der Waals surface area (Å²) in [5.41, 5.74) is 0.818. The lowest BCUT2D eigenvalue weighted by Crippen LogP contribution is -3.05. The second kappa shape index (κ2) is 6.85. The van der Waals surface area contributed by atoms with Gasteiger partial charge < -0.3 is 15.5 Å². The van der Waals surface area contributed by atoms with Gasteiger partial charge in [-0.05, 0) is 12.1 Å². The fourth-order valence-corrected chi connectivity index (χ4v) is 1.34. The topological polar surface area (TPSA) is 45.6 Å². The monoisotopic (exact) mass is 222 g/mol. The van der Waals surface area contributed by atoms with Gasteiger partial charge in [0, 0.05) is 18.7 Å². The average molecular weight is 222 g/mol. The zero-order valence-corrected chi connectivity index (χ0v) is 9.92. The van der Waals surface area contributed by atoms with Gasteiger partial charge in [0.2, 0.25) is 0 Å². The predicted molar refractivity (Wildman–Crippen MR) is 65.8 cm³/mol. The number of carbonyl (C=O) groups excluding carboxylic acids is 1. The van der Waals surface area contributed by atoms with Gasteiger partial charge in [-0.3, -0.25) is 0 Å². The van der Waals surface area contributed by atoms with E-state index in [1.165, 1.54) is 4.90 Å². The molecule has 0 spiro atoms. The number of hydrogen-bond donors (Lipinski definition) is 3. The number of quaternary nitrogens is 1. The number of carbonyl (C=O) groups is 1. The normalized spacial score (nSPS) is 10.2. The maximum atomic E-state index is 11.4. The molecule has 0 bridgehead atoms. The molecular formula is C12H20N3O+. The summed E-state index contributed by atoms with van der Waals surface area (Å²) in [6.45, 7) is 1.77. The number of para-hydroxylation sites is 1. The first-order valence-corrected chi connectivity index (χ1v) is 5.57. The second-order valence-electron chi connectivity index (χ2n) is 4.06. The van der Waals surface area contributed by atoms with Gasteiger partial charge in [-0.1, -0.05) is 18.2 Å². The summed E-state index contributed by atoms with van der Waals surface area (Å²) < 4.78 is 0. The summed E-state index contributed by atoms with van der Waals surface area (Å²) in [6.07, 6.45) is 0.991. The maximum Gasteiger partial charge on any atom is 0.319 e. The quantitative estimate of drug-likeness (QED) is 0.618. The SMILES string of the molecule is C[NH+](C)CCCNC(=O)Nc1ccccc1. The van der Waals surface area contributed by atoms with Crippen molar-refractivity contribution in [2.45, 2.75) is 6.42 Å². The third-order valence-electron chi connectivity index (χ3n) is 2.17. The molecule has 1 aromatic rings. The molecule has 0 aliphatic heterocycles. The molecule has 1 aromatic carbocycles. The fourth-order valence-electron chi connectivity index (χ4n) is 1.34. The average Bonchev–Trinajstić information content (AvgIpc) is 2.25. The van der Waals surface area contributed by atoms with Crippen LogP contribution in [0.15, 0.2) is 30.3 Å². The first-order valence-electron chi connectivity index (χ1n) is 5.57. The van der Waals surface area contributed by atoms with Crippen molar-refractivity contribution < 1.29 is 9.69 Å². The second-order valence-corrected chi connectivity index (χ2v) is 4.06. The van der Waals surface area contributed by atoms with Gasteiger partial charge in [0.25, 0.3) is 0 Å². The molecule has 4 nitrogen and oxygen atoms in total. The van der Waals surface area contributed by atoms with Crippen LogP contribution in [0.2, 0.25) is 0 Å². The van der Waals surface area contributed by atoms with Crippen molar-refractivity contribution in [3.63, 3.8) is 0 Å². The van der Waals surface area contributed by atoms with Crippen molar-refractivity contribution in [1.29, 1.82) is 0 Å². The Bertz CT molecular complexity index is 311. The van der Waals surface area contributed by atoms with Gasteiger partial charge in [0.15, 0.2) is 0 Å². The molecule has 1 rings (SSSR count). The van der Waals surface area contributed by atoms with E-state index in [1.807, 2.05) is 30.3 Å². The number of rotatable bonds is 5. The fraction of sp³-hybridized carbons (Fsp3) is 0.417. The smallest absolute Gasteiger partial charge is 0.319 e. The third-order valence-corrected chi connectivity index (χ3v) is 2.17. The number of benzene rings is 1. The molecule has 2 amide bonds. The lowest BCUT2D eigenvalue weighted by Gasteiger charge is -2.09. The van der Waals surface area contributed by atoms with E-state index in [1.54, 1.807) is 0 Å². The van der Waals surface area contributed by atoms with Gasteiger partial charge in [0.05, 0.1) is 20.6 Å². The van der Waals surface area contributed by atoms with Crippen LogP contribution in [0.1, 0.15) is 6.42 Å². The molecule has 0 saturated carbocycles. The number of nitrogens with one attached hydrogen (secondary N) is 3. The summed E-state index contributed by atoms with van der Waals surface area (Å²) >= 11 is 0. The van der Waals surface area contributed by atoms with E-state index in [-0.39, 0.29) is 6.03 Å². The van der Waals surface area contributed by atoms with Crippen LogP contribution in [0.25, 0.3) is 0 Å². The predicted octanol–water partition coefficient (Wildman–Crippen LogP) is 0.343. The highest BCUT2D eigenvalue weighted by Gasteiger charge is 2.00. The Morgan fingerprint density at radius 2 is 1.94 bits per heavy atom. The van der Waals surface area contributed by atoms with Crippen molar-refractivity contribution in [3.05, 3.63) is 30.3 Å². The van der Waals surface area contributed by atoms with Crippen LogP contribution in [0.3, 0.4) is 0 Å². The number of anilines is 1. The van der Waals surface area contributed by atoms with Gasteiger partial charge in [-0.25, -0.2) is 4.79 Å². The van der Waals surface area contributed by atoms with E-state index in [0.717, 1.165) is 18.7 Å². The summed E-state index contributed by atoms with van der Waals surface area (Å²) in [5.74, 6) is 0. The van der Waals surface area contributed by atoms with Gasteiger partial charge in [0.1, 0.15) is 0 Å². The highest BCUT2D eigenvalue weighted by Crippen LogP contribution is 2.03. The minimum atomic E-state index is -0.139. The molecular weight excluding hydrogens is 202 g/mol. The Labute approximate surface area is 96.6 Å². The van der Waals surface area contributed by atoms with Gasteiger partial charge >= 0.3 is 6.03 Å². The van der Waals surface area contributed by atoms with Crippen molar-refractivity contribution in [1.82, 2.24) is 5.32 Å². The summed E-state index contributed by atoms with van der Waals surface area (Å²) in [7, 11) is 4.20. The zero-order chi connectivity index (χ0) is 11.8. The minimum absolute atomic E-state index is 0.139. The molecule has 0 aliphatic rings. The Balaban J connectivity index is 2.17. The van der Waals surface area contributed by atoms with Crippen LogP contribution in [0, 0.1) is 0 Å². The molecule has 3 N–H and O–H groups in total. The van der Waals surface area contributed by atoms with Crippen LogP contribution in [0.5, 0.6) is 0 Å². The lowest BCUT2D eigenvalue weighted by atomic mass is 10.3. The first-order chi connectivity index (χ1) is 7.68. The molecule has 0 atom stereocenters. The van der Waals surface area contributed by atoms with Crippen molar-refractivity contribution in [2.24, 2.45) is 0 Å².